The Morgan fingerprint density at radius 1 is 0.282 bits per heavy atom. The van der Waals surface area contributed by atoms with Crippen molar-refractivity contribution in [3.63, 3.8) is 0 Å². The van der Waals surface area contributed by atoms with Gasteiger partial charge in [0.1, 0.15) is 84.6 Å². The van der Waals surface area contributed by atoms with E-state index in [1.165, 1.54) is 19.6 Å². The number of para-hydroxylation sites is 4. The molecule has 5 aliphatic rings. The van der Waals surface area contributed by atoms with Gasteiger partial charge in [0.15, 0.2) is 11.9 Å². The number of unbranched alkanes of at least 4 members (excludes halogenated alkanes) is 2. The lowest BCUT2D eigenvalue weighted by Crippen LogP contribution is -2.61. The quantitative estimate of drug-likeness (QED) is 0.0140. The zero-order valence-electron chi connectivity index (χ0n) is 79.5. The van der Waals surface area contributed by atoms with Crippen LogP contribution in [-0.2, 0) is 102 Å². The van der Waals surface area contributed by atoms with Crippen LogP contribution in [0.4, 0.5) is 0 Å². The van der Waals surface area contributed by atoms with Crippen molar-refractivity contribution in [2.45, 2.75) is 252 Å². The molecular weight excluding hydrogens is 1830 g/mol. The van der Waals surface area contributed by atoms with E-state index >= 15 is 67.1 Å². The van der Waals surface area contributed by atoms with Gasteiger partial charge in [-0.25, -0.2) is 0 Å². The summed E-state index contributed by atoms with van der Waals surface area (Å²) in [6.07, 6.45) is -0.784. The van der Waals surface area contributed by atoms with Crippen molar-refractivity contribution >= 4 is 150 Å². The summed E-state index contributed by atoms with van der Waals surface area (Å²) in [6.45, 7) is 0.0724. The van der Waals surface area contributed by atoms with E-state index in [0.29, 0.717) is 57.7 Å². The summed E-state index contributed by atoms with van der Waals surface area (Å²) in [5.41, 5.74) is 51.3. The number of nitrogens with one attached hydrogen (secondary N) is 14. The number of H-pyrrole nitrogens is 4. The Bertz CT molecular complexity index is 5470. The van der Waals surface area contributed by atoms with Crippen molar-refractivity contribution in [2.75, 3.05) is 52.4 Å². The molecule has 0 spiro atoms. The zero-order valence-corrected chi connectivity index (χ0v) is 79.5. The highest BCUT2D eigenvalue weighted by Crippen LogP contribution is 2.30. The molecule has 30 N–H and O–H groups in total. The van der Waals surface area contributed by atoms with Crippen molar-refractivity contribution in [3.8, 4) is 0 Å². The Morgan fingerprint density at radius 2 is 0.514 bits per heavy atom. The predicted molar refractivity (Wildman–Crippen MR) is 529 cm³/mol. The van der Waals surface area contributed by atoms with Crippen LogP contribution in [0, 0.1) is 0 Å². The molecule has 5 fully saturated rings. The SMILES string of the molecule is NCCCC[C@@H]1NC(=O)[C@@H](CCC(N)=O)NC(=O)[C@H]2CCCN2C(=O)[C@H](CCCN=C(N)N)NC(=O)[C@@H](Cc2cc3ccccc3[nH]2)NC(=O)[C@H]2CCCN2C(=O)[C@@H](Cc2cc3ccccc3[nH]2)NC(=O)[C@H](CCCCN)NC(=O)[C@@H](CCC(N)=O)NC(=O)[C@H]2CCCN2C(=O)[C@H](CCCN=C(N)N)NC(=O)[C@@H](Cc2cc3ccccc3[nH]2)NC(=O)[C@H]2CCCN2C(=O)[C@@H](Cc2cc3ccccc3[nH]2)NC1=O. The number of primary amides is 2. The second-order valence-corrected chi connectivity index (χ2v) is 37.2. The van der Waals surface area contributed by atoms with Crippen LogP contribution >= 0.6 is 0 Å². The average Bonchev–Trinajstić information content (AvgIpc) is 1.64. The molecular formula is C98H132N28O16. The molecule has 142 heavy (non-hydrogen) atoms. The number of benzene rings is 4. The third kappa shape index (κ3) is 27.8. The standard InChI is InChI=1S/C98H132N28O16/c99-39-11-9-27-67-83(129)121-75(53-61-49-57-21-3-7-25-65(57)111-61)95(141)125-45-17-33-79(125)91(137)119-73(51-59-47-55-19-1-5-23-63(55)109-59)87(133)117-71(29-13-41-107-97(103)104)93(139)123-43-15-31-77(123)89(135)115-69(35-37-81(101)127)85(131)114-68(28-10-12-40-100)84(130)122-76(54-62-50-58-22-4-8-26-66(58)112-62)96(142)126-46-18-34-80(126)92(138)120-74(52-60-48-56-20-2-6-24-64(56)110-60)88(134)118-72(30-14-42-108-98(105)106)94(140)124-44-16-32-78(124)90(136)116-70(86(132)113-67)36-38-82(102)128/h1-8,19-26,47-50,67-80,109-112H,9-18,27-46,51-54,99-100H2,(H2,101,127)(H2,102,128)(H,113,132)(H,114,131)(H,115,135)(H,116,136)(H,117,133)(H,118,134)(H,119,137)(H,120,138)(H,121,129)(H,122,130)(H4,103,104,107)(H4,105,106,108)/t67-,68-,69+,70+,71-,72-,73+,74+,75+,76+,77+,78+,79+,80+/m0/s1. The fraction of sp³-hybridized carbons (Fsp3) is 0.490. The van der Waals surface area contributed by atoms with Crippen molar-refractivity contribution in [1.82, 2.24) is 92.7 Å². The largest absolute Gasteiger partial charge is 0.370 e. The van der Waals surface area contributed by atoms with Gasteiger partial charge in [-0.2, -0.15) is 0 Å². The van der Waals surface area contributed by atoms with Crippen molar-refractivity contribution in [2.24, 2.45) is 55.9 Å². The molecule has 8 aromatic rings. The minimum atomic E-state index is -1.63. The molecule has 4 aromatic carbocycles. The Balaban J connectivity index is 0.872. The van der Waals surface area contributed by atoms with Gasteiger partial charge in [0, 0.05) is 123 Å². The summed E-state index contributed by atoms with van der Waals surface area (Å²) >= 11 is 0. The minimum absolute atomic E-state index is 0.0210. The molecule has 13 rings (SSSR count). The van der Waals surface area contributed by atoms with Gasteiger partial charge < -0.3 is 139 Å². The molecule has 5 aliphatic heterocycles. The fourth-order valence-corrected chi connectivity index (χ4v) is 19.5. The van der Waals surface area contributed by atoms with E-state index in [-0.39, 0.29) is 193 Å². The highest BCUT2D eigenvalue weighted by molar-refractivity contribution is 6.03. The lowest BCUT2D eigenvalue weighted by molar-refractivity contribution is -0.144. The summed E-state index contributed by atoms with van der Waals surface area (Å²) < 4.78 is 0. The van der Waals surface area contributed by atoms with Crippen LogP contribution in [0.25, 0.3) is 43.6 Å². The number of nitrogens with two attached hydrogens (primary N) is 8. The number of aromatic amines is 4. The summed E-state index contributed by atoms with van der Waals surface area (Å²) in [7, 11) is 0. The van der Waals surface area contributed by atoms with E-state index in [1.807, 2.05) is 72.8 Å². The number of aliphatic imine (C=N–C) groups is 2. The van der Waals surface area contributed by atoms with Crippen LogP contribution in [0.1, 0.15) is 164 Å². The molecule has 0 unspecified atom stereocenters. The number of hydrogen-bond donors (Lipinski definition) is 22. The summed E-state index contributed by atoms with van der Waals surface area (Å²) in [4.78, 5) is 269. The first-order chi connectivity index (χ1) is 68.4. The minimum Gasteiger partial charge on any atom is -0.370 e. The normalized spacial score (nSPS) is 24.1. The highest BCUT2D eigenvalue weighted by atomic mass is 16.2. The van der Waals surface area contributed by atoms with Crippen LogP contribution in [0.5, 0.6) is 0 Å². The van der Waals surface area contributed by atoms with Crippen LogP contribution in [0.15, 0.2) is 131 Å². The molecule has 0 bridgehead atoms. The van der Waals surface area contributed by atoms with Crippen LogP contribution in [0.3, 0.4) is 0 Å². The lowest BCUT2D eigenvalue weighted by Gasteiger charge is -2.32. The van der Waals surface area contributed by atoms with Gasteiger partial charge in [0.25, 0.3) is 0 Å². The summed E-state index contributed by atoms with van der Waals surface area (Å²) in [5, 5.41) is 31.4. The number of guanidine groups is 2. The van der Waals surface area contributed by atoms with Crippen molar-refractivity contribution in [1.29, 1.82) is 0 Å². The Labute approximate surface area is 819 Å². The number of fused-ring (bicyclic) bond motifs is 8. The highest BCUT2D eigenvalue weighted by Gasteiger charge is 2.47. The van der Waals surface area contributed by atoms with E-state index in [4.69, 9.17) is 45.9 Å². The molecule has 760 valence electrons. The molecule has 44 heteroatoms. The topological polar surface area (TPSA) is 702 Å². The number of rotatable bonds is 30. The van der Waals surface area contributed by atoms with Gasteiger partial charge in [-0.05, 0) is 212 Å². The molecule has 0 saturated carbocycles. The van der Waals surface area contributed by atoms with Gasteiger partial charge in [-0.1, -0.05) is 72.8 Å². The first kappa shape index (κ1) is 104. The van der Waals surface area contributed by atoms with E-state index in [0.717, 1.165) is 21.5 Å². The van der Waals surface area contributed by atoms with Gasteiger partial charge in [-0.15, -0.1) is 0 Å². The van der Waals surface area contributed by atoms with Crippen LogP contribution in [0.2, 0.25) is 0 Å². The molecule has 16 amide bonds. The van der Waals surface area contributed by atoms with Crippen molar-refractivity contribution in [3.05, 3.63) is 144 Å². The number of carbonyl (C=O) groups is 16. The van der Waals surface area contributed by atoms with Gasteiger partial charge >= 0.3 is 0 Å². The second-order valence-electron chi connectivity index (χ2n) is 37.2. The predicted octanol–water partition coefficient (Wildman–Crippen LogP) is -1.40. The molecule has 44 nitrogen and oxygen atoms in total. The number of aromatic nitrogens is 4. The van der Waals surface area contributed by atoms with E-state index < -0.39 is 205 Å². The lowest BCUT2D eigenvalue weighted by atomic mass is 10.0. The van der Waals surface area contributed by atoms with Gasteiger partial charge in [-0.3, -0.25) is 86.7 Å². The fourth-order valence-electron chi connectivity index (χ4n) is 19.5. The zero-order chi connectivity index (χ0) is 101. The first-order valence-electron chi connectivity index (χ1n) is 49.0. The second kappa shape index (κ2) is 49.7. The van der Waals surface area contributed by atoms with E-state index in [2.05, 4.69) is 83.1 Å². The molecule has 9 heterocycles. The van der Waals surface area contributed by atoms with Crippen molar-refractivity contribution < 1.29 is 76.7 Å². The third-order valence-electron chi connectivity index (χ3n) is 26.8. The average molecular weight is 1960 g/mol. The molecule has 14 atom stereocenters. The van der Waals surface area contributed by atoms with Crippen LogP contribution < -0.4 is 99.0 Å². The maximum atomic E-state index is 15.9. The monoisotopic (exact) mass is 1960 g/mol. The van der Waals surface area contributed by atoms with Crippen LogP contribution in [-0.4, -0.2) is 283 Å². The van der Waals surface area contributed by atoms with Gasteiger partial charge in [0.05, 0.1) is 0 Å². The number of amides is 16. The maximum absolute atomic E-state index is 15.9. The molecule has 0 aliphatic carbocycles. The Morgan fingerprint density at radius 3 is 0.789 bits per heavy atom. The molecule has 0 radical (unpaired) electrons. The number of nitrogens with zero attached hydrogens (tertiary/aromatic N) is 6. The Kier molecular flexibility index (Phi) is 36.6. The maximum Gasteiger partial charge on any atom is 0.246 e. The summed E-state index contributed by atoms with van der Waals surface area (Å²) in [6, 6.07) is 15.6. The first-order valence-corrected chi connectivity index (χ1v) is 49.0. The Hall–Kier alpha value is -15.0. The smallest absolute Gasteiger partial charge is 0.246 e. The van der Waals surface area contributed by atoms with E-state index in [9.17, 15) is 9.59 Å². The number of hydrogen-bond acceptors (Lipinski definition) is 20. The summed E-state index contributed by atoms with van der Waals surface area (Å²) in [5.74, 6) is -14.1. The molecule has 4 aromatic heterocycles. The van der Waals surface area contributed by atoms with E-state index in [1.54, 1.807) is 48.5 Å². The molecule has 5 saturated heterocycles. The van der Waals surface area contributed by atoms with Gasteiger partial charge in [0.2, 0.25) is 94.5 Å². The number of carbonyl (C=O) groups excluding carboxylic acids is 16. The third-order valence-corrected chi connectivity index (χ3v) is 26.8.